The van der Waals surface area contributed by atoms with Gasteiger partial charge in [-0.25, -0.2) is 0 Å². The molecule has 2 fully saturated rings. The van der Waals surface area contributed by atoms with E-state index >= 15 is 0 Å². The zero-order valence-corrected chi connectivity index (χ0v) is 39.0. The predicted octanol–water partition coefficient (Wildman–Crippen LogP) is 13.8. The van der Waals surface area contributed by atoms with Crippen LogP contribution in [-0.4, -0.2) is 52.4 Å². The summed E-state index contributed by atoms with van der Waals surface area (Å²) in [6, 6.07) is 39.0. The van der Waals surface area contributed by atoms with E-state index in [0.29, 0.717) is 0 Å². The molecule has 4 nitrogen and oxygen atoms in total. The normalized spacial score (nSPS) is 17.1. The lowest BCUT2D eigenvalue weighted by Gasteiger charge is -2.52. The lowest BCUT2D eigenvalue weighted by atomic mass is 9.53. The smallest absolute Gasteiger partial charge is 0.0366 e. The quantitative estimate of drug-likeness (QED) is 0.0994. The first-order valence-electron chi connectivity index (χ1n) is 24.0. The van der Waals surface area contributed by atoms with Crippen LogP contribution in [0.5, 0.6) is 0 Å². The largest absolute Gasteiger partial charge is 0.372 e. The molecule has 0 bridgehead atoms. The molecule has 2 aliphatic rings. The zero-order valence-electron chi connectivity index (χ0n) is 39.0. The average Bonchev–Trinajstić information content (AvgIpc) is 3.29. The van der Waals surface area contributed by atoms with E-state index in [-0.39, 0.29) is 16.2 Å². The number of nitrogens with zero attached hydrogens (tertiary/aromatic N) is 4. The predicted molar refractivity (Wildman–Crippen MR) is 259 cm³/mol. The molecular formula is C55H80N4. The lowest BCUT2D eigenvalue weighted by Crippen LogP contribution is -2.43. The summed E-state index contributed by atoms with van der Waals surface area (Å²) in [5.74, 6) is 1.44. The summed E-state index contributed by atoms with van der Waals surface area (Å²) in [4.78, 5) is 9.87. The highest BCUT2D eigenvalue weighted by molar-refractivity contribution is 5.55. The van der Waals surface area contributed by atoms with Gasteiger partial charge in [0.25, 0.3) is 0 Å². The minimum atomic E-state index is 0.0481. The van der Waals surface area contributed by atoms with Crippen LogP contribution < -0.4 is 19.6 Å². The van der Waals surface area contributed by atoms with E-state index in [0.717, 1.165) is 64.2 Å². The van der Waals surface area contributed by atoms with E-state index in [2.05, 4.69) is 186 Å². The summed E-state index contributed by atoms with van der Waals surface area (Å²) < 4.78 is 0. The van der Waals surface area contributed by atoms with Crippen molar-refractivity contribution in [3.63, 3.8) is 0 Å². The van der Waals surface area contributed by atoms with Crippen molar-refractivity contribution in [2.45, 2.75) is 131 Å². The van der Waals surface area contributed by atoms with Crippen LogP contribution in [0.25, 0.3) is 0 Å². The minimum Gasteiger partial charge on any atom is -0.372 e. The van der Waals surface area contributed by atoms with Crippen LogP contribution in [0.15, 0.2) is 97.1 Å². The minimum absolute atomic E-state index is 0.0481. The molecule has 2 saturated carbocycles. The van der Waals surface area contributed by atoms with E-state index in [1.54, 1.807) is 0 Å². The van der Waals surface area contributed by atoms with Crippen LogP contribution in [0.3, 0.4) is 0 Å². The molecule has 0 saturated heterocycles. The van der Waals surface area contributed by atoms with Crippen molar-refractivity contribution in [2.24, 2.45) is 17.3 Å². The molecule has 0 amide bonds. The van der Waals surface area contributed by atoms with Gasteiger partial charge in [0, 0.05) is 85.9 Å². The fourth-order valence-electron chi connectivity index (χ4n) is 11.9. The van der Waals surface area contributed by atoms with Gasteiger partial charge < -0.3 is 19.6 Å². The summed E-state index contributed by atoms with van der Waals surface area (Å²) in [5.41, 5.74) is 11.8. The van der Waals surface area contributed by atoms with Crippen LogP contribution in [0.2, 0.25) is 0 Å². The highest BCUT2D eigenvalue weighted by Gasteiger charge is 2.48. The standard InChI is InChI=1S/C55H80N4/c1-11-56(12-2)49-27-19-45(20-28-49)54(46-21-29-50(30-22-46)57(13-3)14-4)39-35-43(36-40-54)53(9,10)44-37-41-55(42-38-44,47-23-31-51(32-24-47)58(15-5)16-6)48-25-33-52(34-26-48)59(17-7)18-8/h19-34,43-44H,11-18,35-42H2,1-10H3. The molecular weight excluding hydrogens is 717 g/mol. The van der Waals surface area contributed by atoms with Crippen molar-refractivity contribution in [3.8, 4) is 0 Å². The number of hydrogen-bond acceptors (Lipinski definition) is 4. The van der Waals surface area contributed by atoms with Crippen molar-refractivity contribution in [3.05, 3.63) is 119 Å². The highest BCUT2D eigenvalue weighted by atomic mass is 15.1. The summed E-state index contributed by atoms with van der Waals surface area (Å²) in [6.07, 6.45) is 9.98. The van der Waals surface area contributed by atoms with Crippen molar-refractivity contribution in [1.82, 2.24) is 0 Å². The molecule has 6 rings (SSSR count). The molecule has 0 aliphatic heterocycles. The Kier molecular flexibility index (Phi) is 14.9. The molecule has 4 aromatic carbocycles. The Morgan fingerprint density at radius 1 is 0.356 bits per heavy atom. The first-order valence-corrected chi connectivity index (χ1v) is 24.0. The number of anilines is 4. The molecule has 4 heteroatoms. The van der Waals surface area contributed by atoms with E-state index in [4.69, 9.17) is 0 Å². The van der Waals surface area contributed by atoms with Gasteiger partial charge in [0.15, 0.2) is 0 Å². The van der Waals surface area contributed by atoms with Gasteiger partial charge in [0.1, 0.15) is 0 Å². The second-order valence-electron chi connectivity index (χ2n) is 18.4. The Balaban J connectivity index is 1.25. The molecule has 2 aliphatic carbocycles. The van der Waals surface area contributed by atoms with Crippen LogP contribution >= 0.6 is 0 Å². The van der Waals surface area contributed by atoms with Gasteiger partial charge in [-0.1, -0.05) is 62.4 Å². The maximum atomic E-state index is 2.65. The van der Waals surface area contributed by atoms with Crippen molar-refractivity contribution >= 4 is 22.7 Å². The molecule has 0 unspecified atom stereocenters. The maximum Gasteiger partial charge on any atom is 0.0366 e. The monoisotopic (exact) mass is 797 g/mol. The molecule has 0 spiro atoms. The van der Waals surface area contributed by atoms with Gasteiger partial charge in [-0.2, -0.15) is 0 Å². The molecule has 4 aromatic rings. The fourth-order valence-corrected chi connectivity index (χ4v) is 11.9. The second-order valence-corrected chi connectivity index (χ2v) is 18.4. The first kappa shape index (κ1) is 44.6. The Bertz CT molecular complexity index is 1570. The van der Waals surface area contributed by atoms with Crippen molar-refractivity contribution in [1.29, 1.82) is 0 Å². The van der Waals surface area contributed by atoms with Crippen LogP contribution in [0.4, 0.5) is 22.7 Å². The Morgan fingerprint density at radius 2 is 0.542 bits per heavy atom. The van der Waals surface area contributed by atoms with Crippen molar-refractivity contribution in [2.75, 3.05) is 72.0 Å². The number of hydrogen-bond donors (Lipinski definition) is 0. The molecule has 0 heterocycles. The third-order valence-corrected chi connectivity index (χ3v) is 16.0. The highest BCUT2D eigenvalue weighted by Crippen LogP contribution is 2.57. The zero-order chi connectivity index (χ0) is 42.2. The number of benzene rings is 4. The van der Waals surface area contributed by atoms with Gasteiger partial charge >= 0.3 is 0 Å². The molecule has 320 valence electrons. The molecule has 0 atom stereocenters. The van der Waals surface area contributed by atoms with E-state index in [9.17, 15) is 0 Å². The summed E-state index contributed by atoms with van der Waals surface area (Å²) >= 11 is 0. The Hall–Kier alpha value is -3.92. The van der Waals surface area contributed by atoms with Gasteiger partial charge in [-0.15, -0.1) is 0 Å². The second kappa shape index (κ2) is 19.6. The number of rotatable bonds is 18. The molecule has 0 aromatic heterocycles. The van der Waals surface area contributed by atoms with Crippen LogP contribution in [0.1, 0.15) is 143 Å². The van der Waals surface area contributed by atoms with Crippen molar-refractivity contribution < 1.29 is 0 Å². The average molecular weight is 797 g/mol. The van der Waals surface area contributed by atoms with Crippen LogP contribution in [-0.2, 0) is 10.8 Å². The van der Waals surface area contributed by atoms with E-state index in [1.807, 2.05) is 0 Å². The maximum absolute atomic E-state index is 2.65. The molecule has 59 heavy (non-hydrogen) atoms. The summed E-state index contributed by atoms with van der Waals surface area (Å²) in [7, 11) is 0. The van der Waals surface area contributed by atoms with Crippen LogP contribution in [0, 0.1) is 17.3 Å². The molecule has 0 N–H and O–H groups in total. The summed E-state index contributed by atoms with van der Waals surface area (Å²) in [5, 5.41) is 0. The lowest BCUT2D eigenvalue weighted by molar-refractivity contribution is 0.0365. The SMILES string of the molecule is CCN(CC)c1ccc(C2(c3ccc(N(CC)CC)cc3)CCC(C(C)(C)C3CCC(c4ccc(N(CC)CC)cc4)(c4ccc(N(CC)CC)cc4)CC3)CC2)cc1. The topological polar surface area (TPSA) is 13.0 Å². The van der Waals surface area contributed by atoms with Gasteiger partial charge in [-0.05, 0) is 195 Å². The first-order chi connectivity index (χ1) is 28.6. The van der Waals surface area contributed by atoms with Gasteiger partial charge in [0.2, 0.25) is 0 Å². The molecule has 0 radical (unpaired) electrons. The summed E-state index contributed by atoms with van der Waals surface area (Å²) in [6.45, 7) is 31.7. The fraction of sp³-hybridized carbons (Fsp3) is 0.564. The van der Waals surface area contributed by atoms with E-state index in [1.165, 1.54) is 96.4 Å². The Labute approximate surface area is 361 Å². The Morgan fingerprint density at radius 3 is 0.712 bits per heavy atom. The van der Waals surface area contributed by atoms with E-state index < -0.39 is 0 Å². The van der Waals surface area contributed by atoms with Gasteiger partial charge in [0.05, 0.1) is 0 Å². The van der Waals surface area contributed by atoms with Gasteiger partial charge in [-0.3, -0.25) is 0 Å². The third kappa shape index (κ3) is 8.94. The third-order valence-electron chi connectivity index (χ3n) is 16.0.